The lowest BCUT2D eigenvalue weighted by molar-refractivity contribution is -0.161. The average Bonchev–Trinajstić information content (AvgIpc) is 0.933. The van der Waals surface area contributed by atoms with E-state index in [1.165, 1.54) is 276 Å². The van der Waals surface area contributed by atoms with Gasteiger partial charge in [0.25, 0.3) is 0 Å². The van der Waals surface area contributed by atoms with Crippen LogP contribution in [0.5, 0.6) is 0 Å². The molecule has 0 fully saturated rings. The molecule has 0 amide bonds. The van der Waals surface area contributed by atoms with Crippen LogP contribution in [-0.2, 0) is 65.4 Å². The molecule has 0 aliphatic heterocycles. The molecule has 105 heavy (non-hydrogen) atoms. The Hall–Kier alpha value is -1.94. The molecule has 0 aliphatic rings. The number of aliphatic hydroxyl groups excluding tert-OH is 1. The summed E-state index contributed by atoms with van der Waals surface area (Å²) >= 11 is 0. The van der Waals surface area contributed by atoms with Gasteiger partial charge in [0, 0.05) is 25.7 Å². The summed E-state index contributed by atoms with van der Waals surface area (Å²) in [6, 6.07) is 0. The minimum Gasteiger partial charge on any atom is -0.462 e. The van der Waals surface area contributed by atoms with Gasteiger partial charge in [-0.2, -0.15) is 0 Å². The Balaban J connectivity index is 5.15. The Morgan fingerprint density at radius 2 is 0.438 bits per heavy atom. The van der Waals surface area contributed by atoms with E-state index in [0.29, 0.717) is 25.7 Å². The first-order chi connectivity index (χ1) is 51.0. The maximum absolute atomic E-state index is 13.1. The number of hydrogen-bond donors (Lipinski definition) is 3. The number of rotatable bonds is 86. The fraction of sp³-hybridized carbons (Fsp3) is 0.953. The number of phosphoric acid groups is 2. The lowest BCUT2D eigenvalue weighted by Gasteiger charge is -2.21. The van der Waals surface area contributed by atoms with Crippen molar-refractivity contribution in [3.05, 3.63) is 0 Å². The summed E-state index contributed by atoms with van der Waals surface area (Å²) in [7, 11) is -9.92. The van der Waals surface area contributed by atoms with Gasteiger partial charge < -0.3 is 33.8 Å². The third kappa shape index (κ3) is 79.9. The largest absolute Gasteiger partial charge is 0.472 e. The average molecular weight is 1540 g/mol. The quantitative estimate of drug-likeness (QED) is 0.0222. The summed E-state index contributed by atoms with van der Waals surface area (Å²) in [6.07, 6.45) is 72.6. The van der Waals surface area contributed by atoms with Crippen molar-refractivity contribution in [2.24, 2.45) is 5.92 Å². The smallest absolute Gasteiger partial charge is 0.462 e. The van der Waals surface area contributed by atoms with E-state index in [-0.39, 0.29) is 25.7 Å². The Labute approximate surface area is 645 Å². The van der Waals surface area contributed by atoms with E-state index in [0.717, 1.165) is 109 Å². The van der Waals surface area contributed by atoms with Crippen molar-refractivity contribution in [3.63, 3.8) is 0 Å². The molecule has 0 spiro atoms. The monoisotopic (exact) mass is 1540 g/mol. The minimum atomic E-state index is -4.96. The zero-order chi connectivity index (χ0) is 76.9. The third-order valence-electron chi connectivity index (χ3n) is 20.3. The van der Waals surface area contributed by atoms with Crippen molar-refractivity contribution >= 4 is 39.5 Å². The lowest BCUT2D eigenvalue weighted by atomic mass is 10.0. The molecule has 0 saturated heterocycles. The van der Waals surface area contributed by atoms with Crippen LogP contribution in [0, 0.1) is 5.92 Å². The summed E-state index contributed by atoms with van der Waals surface area (Å²) in [5, 5.41) is 10.7. The van der Waals surface area contributed by atoms with Crippen molar-refractivity contribution in [2.45, 2.75) is 483 Å². The van der Waals surface area contributed by atoms with E-state index in [2.05, 4.69) is 34.6 Å². The van der Waals surface area contributed by atoms with Crippen LogP contribution in [0.1, 0.15) is 465 Å². The van der Waals surface area contributed by atoms with Gasteiger partial charge in [0.2, 0.25) is 0 Å². The van der Waals surface area contributed by atoms with Gasteiger partial charge >= 0.3 is 39.5 Å². The number of ether oxygens (including phenoxy) is 4. The van der Waals surface area contributed by atoms with Crippen molar-refractivity contribution in [2.75, 3.05) is 39.6 Å². The Bertz CT molecular complexity index is 2000. The van der Waals surface area contributed by atoms with Gasteiger partial charge in [-0.05, 0) is 31.6 Å². The highest BCUT2D eigenvalue weighted by atomic mass is 31.2. The molecule has 17 nitrogen and oxygen atoms in total. The molecule has 0 saturated carbocycles. The number of carbonyl (C=O) groups is 4. The van der Waals surface area contributed by atoms with Crippen molar-refractivity contribution in [3.8, 4) is 0 Å². The Kier molecular flexibility index (Phi) is 77.3. The van der Waals surface area contributed by atoms with E-state index >= 15 is 0 Å². The van der Waals surface area contributed by atoms with Crippen LogP contribution in [0.25, 0.3) is 0 Å². The van der Waals surface area contributed by atoms with Gasteiger partial charge in [-0.3, -0.25) is 37.3 Å². The highest BCUT2D eigenvalue weighted by Gasteiger charge is 2.30. The molecular weight excluding hydrogens is 1370 g/mol. The highest BCUT2D eigenvalue weighted by Crippen LogP contribution is 2.45. The molecule has 3 N–H and O–H groups in total. The molecule has 0 aliphatic carbocycles. The predicted molar refractivity (Wildman–Crippen MR) is 432 cm³/mol. The van der Waals surface area contributed by atoms with Crippen LogP contribution < -0.4 is 0 Å². The number of aliphatic hydroxyl groups is 1. The number of esters is 4. The number of phosphoric ester groups is 2. The molecule has 2 unspecified atom stereocenters. The van der Waals surface area contributed by atoms with Gasteiger partial charge in [-0.1, -0.05) is 413 Å². The number of hydrogen-bond acceptors (Lipinski definition) is 15. The standard InChI is InChI=1S/C86H168O17P2/c1-6-9-12-15-18-20-22-24-26-28-30-32-34-36-38-40-42-47-51-56-61-66-71-86(91)103-82(76-97-84(89)70-65-60-55-50-46-41-39-37-35-33-31-29-27-25-23-21-19-16-13-10-7-2)78-101-105(94,95)99-74-80(87)73-98-104(92,93)100-77-81(75-96-83(88)69-64-59-53-17-14-11-8-3)102-85(90)72-67-62-57-52-48-44-43-45-49-54-58-63-68-79(4)5/h79-82,87H,6-78H2,1-5H3,(H,92,93)(H,94,95)/t80-,81+,82+/m0/s1. The van der Waals surface area contributed by atoms with E-state index in [4.69, 9.17) is 37.0 Å². The van der Waals surface area contributed by atoms with E-state index in [1.807, 2.05) is 0 Å². The SMILES string of the molecule is CCCCCCCCCCCCCCCCCCCCCCCCC(=O)O[C@H](COC(=O)CCCCCCCCCCCCCCCCCCCCCCC)COP(=O)(O)OC[C@@H](O)COP(=O)(O)OC[C@@H](COC(=O)CCCCCCCCC)OC(=O)CCCCCCCCCCCCCCC(C)C. The van der Waals surface area contributed by atoms with Crippen LogP contribution in [0.3, 0.4) is 0 Å². The van der Waals surface area contributed by atoms with Gasteiger partial charge in [0.15, 0.2) is 12.2 Å². The summed E-state index contributed by atoms with van der Waals surface area (Å²) < 4.78 is 68.7. The van der Waals surface area contributed by atoms with E-state index in [1.54, 1.807) is 0 Å². The Morgan fingerprint density at radius 1 is 0.257 bits per heavy atom. The molecule has 5 atom stereocenters. The van der Waals surface area contributed by atoms with Crippen LogP contribution in [0.2, 0.25) is 0 Å². The van der Waals surface area contributed by atoms with E-state index in [9.17, 15) is 43.2 Å². The van der Waals surface area contributed by atoms with Crippen molar-refractivity contribution < 1.29 is 80.2 Å². The maximum atomic E-state index is 13.1. The summed E-state index contributed by atoms with van der Waals surface area (Å²) in [4.78, 5) is 73.0. The second kappa shape index (κ2) is 78.7. The summed E-state index contributed by atoms with van der Waals surface area (Å²) in [5.41, 5.74) is 0. The molecule has 0 heterocycles. The van der Waals surface area contributed by atoms with Crippen LogP contribution in [0.15, 0.2) is 0 Å². The molecule has 0 rings (SSSR count). The zero-order valence-corrected chi connectivity index (χ0v) is 70.7. The molecule has 0 radical (unpaired) electrons. The van der Waals surface area contributed by atoms with Crippen LogP contribution >= 0.6 is 15.6 Å². The summed E-state index contributed by atoms with van der Waals surface area (Å²) in [5.74, 6) is -1.33. The number of unbranched alkanes of at least 4 members (excludes halogenated alkanes) is 58. The normalized spacial score (nSPS) is 13.8. The highest BCUT2D eigenvalue weighted by molar-refractivity contribution is 7.47. The van der Waals surface area contributed by atoms with Gasteiger partial charge in [-0.15, -0.1) is 0 Å². The first-order valence-electron chi connectivity index (χ1n) is 44.6. The molecular formula is C86H168O17P2. The summed E-state index contributed by atoms with van der Waals surface area (Å²) in [6.45, 7) is 7.32. The first kappa shape index (κ1) is 103. The minimum absolute atomic E-state index is 0.107. The molecule has 19 heteroatoms. The van der Waals surface area contributed by atoms with Gasteiger partial charge in [0.05, 0.1) is 26.4 Å². The second-order valence-corrected chi connectivity index (χ2v) is 34.3. The molecule has 624 valence electrons. The molecule has 0 bridgehead atoms. The van der Waals surface area contributed by atoms with Crippen LogP contribution in [-0.4, -0.2) is 96.7 Å². The van der Waals surface area contributed by atoms with Gasteiger partial charge in [0.1, 0.15) is 19.3 Å². The number of carbonyl (C=O) groups excluding carboxylic acids is 4. The lowest BCUT2D eigenvalue weighted by Crippen LogP contribution is -2.30. The second-order valence-electron chi connectivity index (χ2n) is 31.4. The van der Waals surface area contributed by atoms with Gasteiger partial charge in [-0.25, -0.2) is 9.13 Å². The molecule has 0 aromatic rings. The van der Waals surface area contributed by atoms with Crippen molar-refractivity contribution in [1.82, 2.24) is 0 Å². The molecule has 0 aromatic carbocycles. The maximum Gasteiger partial charge on any atom is 0.472 e. The molecule has 0 aromatic heterocycles. The fourth-order valence-corrected chi connectivity index (χ4v) is 15.1. The Morgan fingerprint density at radius 3 is 0.648 bits per heavy atom. The van der Waals surface area contributed by atoms with Crippen molar-refractivity contribution in [1.29, 1.82) is 0 Å². The topological polar surface area (TPSA) is 237 Å². The van der Waals surface area contributed by atoms with E-state index < -0.39 is 97.5 Å². The fourth-order valence-electron chi connectivity index (χ4n) is 13.5. The van der Waals surface area contributed by atoms with Crippen LogP contribution in [0.4, 0.5) is 0 Å². The first-order valence-corrected chi connectivity index (χ1v) is 47.6. The third-order valence-corrected chi connectivity index (χ3v) is 22.2. The predicted octanol–water partition coefficient (Wildman–Crippen LogP) is 26.4. The zero-order valence-electron chi connectivity index (χ0n) is 68.9.